The zero-order chi connectivity index (χ0) is 14.1. The lowest BCUT2D eigenvalue weighted by molar-refractivity contribution is -0.119. The molecule has 20 heavy (non-hydrogen) atoms. The third kappa shape index (κ3) is 3.00. The van der Waals surface area contributed by atoms with Crippen molar-refractivity contribution < 1.29 is 9.21 Å². The van der Waals surface area contributed by atoms with Crippen molar-refractivity contribution in [3.8, 4) is 0 Å². The van der Waals surface area contributed by atoms with Gasteiger partial charge in [-0.2, -0.15) is 0 Å². The molecule has 1 amide bonds. The summed E-state index contributed by atoms with van der Waals surface area (Å²) in [5.41, 5.74) is 0. The maximum atomic E-state index is 12.0. The van der Waals surface area contributed by atoms with Gasteiger partial charge in [-0.25, -0.2) is 0 Å². The molecule has 6 heteroatoms. The molecule has 0 saturated heterocycles. The molecule has 1 heterocycles. The Kier molecular flexibility index (Phi) is 4.01. The van der Waals surface area contributed by atoms with Crippen LogP contribution in [0.2, 0.25) is 0 Å². The predicted molar refractivity (Wildman–Crippen MR) is 76.5 cm³/mol. The van der Waals surface area contributed by atoms with E-state index in [4.69, 9.17) is 4.42 Å². The second-order valence-electron chi connectivity index (χ2n) is 6.20. The lowest BCUT2D eigenvalue weighted by Crippen LogP contribution is -2.39. The minimum Gasteiger partial charge on any atom is -0.416 e. The highest BCUT2D eigenvalue weighted by Gasteiger charge is 2.39. The van der Waals surface area contributed by atoms with Crippen molar-refractivity contribution in [2.45, 2.75) is 56.7 Å². The normalized spacial score (nSPS) is 28.2. The van der Waals surface area contributed by atoms with Crippen LogP contribution in [0.4, 0.5) is 0 Å². The van der Waals surface area contributed by atoms with E-state index < -0.39 is 0 Å². The molecule has 5 nitrogen and oxygen atoms in total. The molecule has 1 N–H and O–H groups in total. The molecule has 1 aromatic rings. The molecule has 0 aliphatic heterocycles. The highest BCUT2D eigenvalue weighted by Crippen LogP contribution is 2.44. The first kappa shape index (κ1) is 13.9. The number of rotatable bonds is 5. The van der Waals surface area contributed by atoms with Crippen LogP contribution < -0.4 is 5.32 Å². The van der Waals surface area contributed by atoms with E-state index in [0.29, 0.717) is 28.8 Å². The average Bonchev–Trinajstić information content (AvgIpc) is 3.12. The first-order valence-electron chi connectivity index (χ1n) is 7.37. The second kappa shape index (κ2) is 5.76. The lowest BCUT2D eigenvalue weighted by Gasteiger charge is -2.22. The van der Waals surface area contributed by atoms with Gasteiger partial charge >= 0.3 is 0 Å². The number of hydrogen-bond acceptors (Lipinski definition) is 5. The summed E-state index contributed by atoms with van der Waals surface area (Å²) in [5.74, 6) is 2.85. The summed E-state index contributed by atoms with van der Waals surface area (Å²) in [6.07, 6.45) is 5.11. The van der Waals surface area contributed by atoms with Crippen molar-refractivity contribution in [1.29, 1.82) is 0 Å². The fourth-order valence-corrected chi connectivity index (χ4v) is 3.89. The average molecular weight is 295 g/mol. The van der Waals surface area contributed by atoms with E-state index in [1.54, 1.807) is 0 Å². The third-order valence-electron chi connectivity index (χ3n) is 4.33. The number of aromatic nitrogens is 2. The first-order chi connectivity index (χ1) is 9.61. The number of thioether (sulfide) groups is 1. The van der Waals surface area contributed by atoms with Crippen molar-refractivity contribution in [1.82, 2.24) is 15.5 Å². The number of nitrogens with zero attached hydrogens (tertiary/aromatic N) is 2. The van der Waals surface area contributed by atoms with Gasteiger partial charge < -0.3 is 9.73 Å². The van der Waals surface area contributed by atoms with Gasteiger partial charge in [0.2, 0.25) is 11.8 Å². The zero-order valence-corrected chi connectivity index (χ0v) is 12.8. The number of carbonyl (C=O) groups is 1. The van der Waals surface area contributed by atoms with Crippen LogP contribution in [0, 0.1) is 11.8 Å². The van der Waals surface area contributed by atoms with Crippen molar-refractivity contribution in [2.24, 2.45) is 11.8 Å². The summed E-state index contributed by atoms with van der Waals surface area (Å²) >= 11 is 1.32. The van der Waals surface area contributed by atoms with Gasteiger partial charge in [-0.15, -0.1) is 10.2 Å². The molecule has 0 unspecified atom stereocenters. The Morgan fingerprint density at radius 2 is 2.25 bits per heavy atom. The Bertz CT molecular complexity index is 489. The summed E-state index contributed by atoms with van der Waals surface area (Å²) in [6, 6.07) is 0.399. The van der Waals surface area contributed by atoms with E-state index in [1.807, 2.05) is 13.8 Å². The van der Waals surface area contributed by atoms with Gasteiger partial charge in [0.15, 0.2) is 0 Å². The van der Waals surface area contributed by atoms with Gasteiger partial charge in [0, 0.05) is 12.0 Å². The number of carbonyl (C=O) groups excluding carboxylic acids is 1. The molecule has 0 radical (unpaired) electrons. The smallest absolute Gasteiger partial charge is 0.277 e. The molecule has 2 aliphatic carbocycles. The maximum Gasteiger partial charge on any atom is 0.277 e. The number of amides is 1. The molecule has 2 saturated carbocycles. The second-order valence-corrected chi connectivity index (χ2v) is 7.13. The Hall–Kier alpha value is -1.04. The molecule has 0 spiro atoms. The molecule has 2 bridgehead atoms. The van der Waals surface area contributed by atoms with Gasteiger partial charge in [-0.1, -0.05) is 32.0 Å². The summed E-state index contributed by atoms with van der Waals surface area (Å²) in [4.78, 5) is 12.0. The molecule has 2 aliphatic rings. The maximum absolute atomic E-state index is 12.0. The van der Waals surface area contributed by atoms with Crippen LogP contribution in [0.25, 0.3) is 0 Å². The van der Waals surface area contributed by atoms with Gasteiger partial charge in [-0.3, -0.25) is 4.79 Å². The van der Waals surface area contributed by atoms with Crippen LogP contribution in [-0.2, 0) is 4.79 Å². The quantitative estimate of drug-likeness (QED) is 0.846. The van der Waals surface area contributed by atoms with Gasteiger partial charge in [0.25, 0.3) is 5.22 Å². The van der Waals surface area contributed by atoms with E-state index in [0.717, 1.165) is 5.92 Å². The summed E-state index contributed by atoms with van der Waals surface area (Å²) < 4.78 is 5.48. The number of nitrogens with one attached hydrogen (secondary N) is 1. The van der Waals surface area contributed by atoms with Crippen LogP contribution >= 0.6 is 11.8 Å². The van der Waals surface area contributed by atoms with Crippen molar-refractivity contribution in [3.63, 3.8) is 0 Å². The topological polar surface area (TPSA) is 68.0 Å². The molecule has 2 fully saturated rings. The highest BCUT2D eigenvalue weighted by atomic mass is 32.2. The Morgan fingerprint density at radius 1 is 1.40 bits per heavy atom. The molecule has 3 atom stereocenters. The number of fused-ring (bicyclic) bond motifs is 2. The molecule has 0 aromatic carbocycles. The molecule has 110 valence electrons. The molecule has 3 rings (SSSR count). The van der Waals surface area contributed by atoms with Crippen LogP contribution in [0.3, 0.4) is 0 Å². The molecular formula is C14H21N3O2S. The van der Waals surface area contributed by atoms with Crippen LogP contribution in [0.15, 0.2) is 9.64 Å². The Balaban J connectivity index is 1.44. The van der Waals surface area contributed by atoms with Crippen molar-refractivity contribution in [3.05, 3.63) is 5.89 Å². The Labute approximate surface area is 123 Å². The third-order valence-corrected chi connectivity index (χ3v) is 5.15. The molecule has 1 aromatic heterocycles. The van der Waals surface area contributed by atoms with Gasteiger partial charge in [0.05, 0.1) is 5.75 Å². The summed E-state index contributed by atoms with van der Waals surface area (Å²) in [7, 11) is 0. The van der Waals surface area contributed by atoms with Gasteiger partial charge in [-0.05, 0) is 31.1 Å². The van der Waals surface area contributed by atoms with Crippen LogP contribution in [0.1, 0.15) is 51.3 Å². The lowest BCUT2D eigenvalue weighted by atomic mass is 9.95. The largest absolute Gasteiger partial charge is 0.416 e. The van der Waals surface area contributed by atoms with E-state index in [2.05, 4.69) is 15.5 Å². The first-order valence-corrected chi connectivity index (χ1v) is 8.36. The predicted octanol–water partition coefficient (Wildman–Crippen LogP) is 2.59. The minimum atomic E-state index is 0.0804. The fraction of sp³-hybridized carbons (Fsp3) is 0.786. The fourth-order valence-electron chi connectivity index (χ4n) is 3.31. The van der Waals surface area contributed by atoms with Crippen molar-refractivity contribution >= 4 is 17.7 Å². The molecular weight excluding hydrogens is 274 g/mol. The zero-order valence-electron chi connectivity index (χ0n) is 12.0. The van der Waals surface area contributed by atoms with Gasteiger partial charge in [0.1, 0.15) is 0 Å². The standard InChI is InChI=1S/C14H21N3O2S/c1-8(2)13-16-17-14(19-13)20-7-12(18)15-11-6-9-3-4-10(11)5-9/h8-11H,3-7H2,1-2H3,(H,15,18)/t9-,10-,11+/m1/s1. The van der Waals surface area contributed by atoms with E-state index in [9.17, 15) is 4.79 Å². The summed E-state index contributed by atoms with van der Waals surface area (Å²) in [6.45, 7) is 4.01. The summed E-state index contributed by atoms with van der Waals surface area (Å²) in [5, 5.41) is 11.5. The Morgan fingerprint density at radius 3 is 2.85 bits per heavy atom. The van der Waals surface area contributed by atoms with E-state index in [-0.39, 0.29) is 11.8 Å². The monoisotopic (exact) mass is 295 g/mol. The number of hydrogen-bond donors (Lipinski definition) is 1. The van der Waals surface area contributed by atoms with Crippen LogP contribution in [-0.4, -0.2) is 27.9 Å². The van der Waals surface area contributed by atoms with Crippen LogP contribution in [0.5, 0.6) is 0 Å². The highest BCUT2D eigenvalue weighted by molar-refractivity contribution is 7.99. The minimum absolute atomic E-state index is 0.0804. The SMILES string of the molecule is CC(C)c1nnc(SCC(=O)N[C@H]2C[C@@H]3CC[C@@H]2C3)o1. The van der Waals surface area contributed by atoms with E-state index >= 15 is 0 Å². The van der Waals surface area contributed by atoms with E-state index in [1.165, 1.54) is 37.4 Å². The van der Waals surface area contributed by atoms with Crippen molar-refractivity contribution in [2.75, 3.05) is 5.75 Å².